The number of likely N-dealkylation sites (N-methyl/N-ethyl adjacent to an activating group) is 1. The lowest BCUT2D eigenvalue weighted by atomic mass is 10.1. The van der Waals surface area contributed by atoms with Gasteiger partial charge in [-0.25, -0.2) is 4.39 Å². The number of hydrogen-bond acceptors (Lipinski definition) is 3. The molecule has 1 atom stereocenters. The largest absolute Gasteiger partial charge is 0.454 e. The molecule has 0 spiro atoms. The predicted octanol–water partition coefficient (Wildman–Crippen LogP) is 4.13. The first-order valence-electron chi connectivity index (χ1n) is 7.75. The van der Waals surface area contributed by atoms with Crippen LogP contribution in [0, 0.1) is 5.82 Å². The van der Waals surface area contributed by atoms with Gasteiger partial charge in [0.15, 0.2) is 11.6 Å². The van der Waals surface area contributed by atoms with Crippen molar-refractivity contribution in [1.82, 2.24) is 10.2 Å². The second-order valence-electron chi connectivity index (χ2n) is 5.76. The molecule has 1 saturated heterocycles. The highest BCUT2D eigenvalue weighted by Gasteiger charge is 2.24. The number of hydrogen-bond donors (Lipinski definition) is 1. The van der Waals surface area contributed by atoms with Crippen LogP contribution in [0.5, 0.6) is 11.5 Å². The third kappa shape index (κ3) is 4.63. The van der Waals surface area contributed by atoms with E-state index in [0.29, 0.717) is 16.3 Å². The Morgan fingerprint density at radius 2 is 2.00 bits per heavy atom. The average Bonchev–Trinajstić information content (AvgIpc) is 3.12. The van der Waals surface area contributed by atoms with Crippen LogP contribution in [0.2, 0.25) is 5.02 Å². The van der Waals surface area contributed by atoms with Gasteiger partial charge in [0, 0.05) is 30.2 Å². The van der Waals surface area contributed by atoms with Crippen LogP contribution in [0.3, 0.4) is 0 Å². The topological polar surface area (TPSA) is 41.6 Å². The molecule has 0 bridgehead atoms. The lowest BCUT2D eigenvalue weighted by molar-refractivity contribution is 0.0743. The molecule has 1 amide bonds. The molecule has 0 aromatic heterocycles. The van der Waals surface area contributed by atoms with Crippen molar-refractivity contribution in [2.45, 2.75) is 12.5 Å². The van der Waals surface area contributed by atoms with Crippen molar-refractivity contribution in [3.63, 3.8) is 0 Å². The lowest BCUT2D eigenvalue weighted by Crippen LogP contribution is -2.38. The highest BCUT2D eigenvalue weighted by Crippen LogP contribution is 2.26. The minimum atomic E-state index is -0.575. The molecule has 0 saturated carbocycles. The quantitative estimate of drug-likeness (QED) is 0.861. The van der Waals surface area contributed by atoms with Crippen molar-refractivity contribution in [2.24, 2.45) is 0 Å². The summed E-state index contributed by atoms with van der Waals surface area (Å²) in [6.45, 7) is 1.66. The molecule has 2 aromatic rings. The summed E-state index contributed by atoms with van der Waals surface area (Å²) in [5.41, 5.74) is 0.311. The number of carbonyl (C=O) groups is 1. The predicted molar refractivity (Wildman–Crippen MR) is 98.5 cm³/mol. The monoisotopic (exact) mass is 384 g/mol. The molecular weight excluding hydrogens is 366 g/mol. The fourth-order valence-electron chi connectivity index (χ4n) is 2.69. The van der Waals surface area contributed by atoms with Gasteiger partial charge in [-0.2, -0.15) is 0 Å². The molecule has 2 aromatic carbocycles. The van der Waals surface area contributed by atoms with Gasteiger partial charge in [-0.3, -0.25) is 4.79 Å². The molecule has 25 heavy (non-hydrogen) atoms. The molecular formula is C18H19Cl2FN2O2. The van der Waals surface area contributed by atoms with E-state index >= 15 is 0 Å². The molecule has 134 valence electrons. The number of halogens is 3. The van der Waals surface area contributed by atoms with Gasteiger partial charge < -0.3 is 15.0 Å². The second-order valence-corrected chi connectivity index (χ2v) is 6.20. The van der Waals surface area contributed by atoms with Crippen LogP contribution in [0.4, 0.5) is 4.39 Å². The third-order valence-corrected chi connectivity index (χ3v) is 4.37. The molecule has 4 nitrogen and oxygen atoms in total. The number of benzene rings is 2. The number of nitrogens with one attached hydrogen (secondary N) is 1. The molecule has 7 heteroatoms. The van der Waals surface area contributed by atoms with Gasteiger partial charge in [-0.15, -0.1) is 12.4 Å². The molecule has 1 heterocycles. The standard InChI is InChI=1S/C18H18ClFN2O2.ClH/c1-22(14-8-9-21-11-14)18(23)12-2-7-17(16(20)10-12)24-15-5-3-13(19)4-6-15;/h2-7,10,14,21H,8-9,11H2,1H3;1H. The molecule has 1 aliphatic rings. The highest BCUT2D eigenvalue weighted by molar-refractivity contribution is 6.30. The normalized spacial score (nSPS) is 16.2. The Morgan fingerprint density at radius 3 is 2.60 bits per heavy atom. The maximum atomic E-state index is 14.3. The number of nitrogens with zero attached hydrogens (tertiary/aromatic N) is 1. The first-order chi connectivity index (χ1) is 11.5. The van der Waals surface area contributed by atoms with Crippen molar-refractivity contribution in [3.8, 4) is 11.5 Å². The second kappa shape index (κ2) is 8.52. The van der Waals surface area contributed by atoms with E-state index in [1.807, 2.05) is 0 Å². The van der Waals surface area contributed by atoms with Crippen LogP contribution in [0.1, 0.15) is 16.8 Å². The maximum Gasteiger partial charge on any atom is 0.253 e. The zero-order valence-corrected chi connectivity index (χ0v) is 15.2. The van der Waals surface area contributed by atoms with Crippen molar-refractivity contribution in [1.29, 1.82) is 0 Å². The molecule has 1 fully saturated rings. The van der Waals surface area contributed by atoms with Gasteiger partial charge in [0.25, 0.3) is 5.91 Å². The number of amides is 1. The van der Waals surface area contributed by atoms with E-state index < -0.39 is 5.82 Å². The average molecular weight is 385 g/mol. The summed E-state index contributed by atoms with van der Waals surface area (Å²) in [4.78, 5) is 14.1. The summed E-state index contributed by atoms with van der Waals surface area (Å²) in [7, 11) is 1.75. The molecule has 3 rings (SSSR count). The van der Waals surface area contributed by atoms with Crippen LogP contribution < -0.4 is 10.1 Å². The maximum absolute atomic E-state index is 14.3. The summed E-state index contributed by atoms with van der Waals surface area (Å²) in [5.74, 6) is -0.222. The molecule has 0 radical (unpaired) electrons. The van der Waals surface area contributed by atoms with E-state index in [2.05, 4.69) is 5.32 Å². The minimum Gasteiger partial charge on any atom is -0.454 e. The Hall–Kier alpha value is -1.82. The third-order valence-electron chi connectivity index (χ3n) is 4.12. The summed E-state index contributed by atoms with van der Waals surface area (Å²) in [6.07, 6.45) is 0.905. The lowest BCUT2D eigenvalue weighted by Gasteiger charge is -2.24. The van der Waals surface area contributed by atoms with Gasteiger partial charge in [0.1, 0.15) is 5.75 Å². The Balaban J connectivity index is 0.00000225. The van der Waals surface area contributed by atoms with E-state index in [4.69, 9.17) is 16.3 Å². The minimum absolute atomic E-state index is 0. The molecule has 1 aliphatic heterocycles. The first kappa shape index (κ1) is 19.5. The van der Waals surface area contributed by atoms with Crippen molar-refractivity contribution in [2.75, 3.05) is 20.1 Å². The van der Waals surface area contributed by atoms with Gasteiger partial charge in [-0.1, -0.05) is 11.6 Å². The van der Waals surface area contributed by atoms with Crippen molar-refractivity contribution < 1.29 is 13.9 Å². The number of ether oxygens (including phenoxy) is 1. The smallest absolute Gasteiger partial charge is 0.253 e. The van der Waals surface area contributed by atoms with Crippen LogP contribution in [-0.4, -0.2) is 37.0 Å². The van der Waals surface area contributed by atoms with E-state index in [1.165, 1.54) is 12.1 Å². The fourth-order valence-corrected chi connectivity index (χ4v) is 2.81. The van der Waals surface area contributed by atoms with E-state index in [1.54, 1.807) is 42.3 Å². The Kier molecular flexibility index (Phi) is 6.64. The Morgan fingerprint density at radius 1 is 1.28 bits per heavy atom. The Bertz CT molecular complexity index is 734. The molecule has 1 unspecified atom stereocenters. The van der Waals surface area contributed by atoms with E-state index in [-0.39, 0.29) is 30.1 Å². The van der Waals surface area contributed by atoms with Crippen LogP contribution in [-0.2, 0) is 0 Å². The van der Waals surface area contributed by atoms with Crippen LogP contribution in [0.25, 0.3) is 0 Å². The van der Waals surface area contributed by atoms with Crippen LogP contribution >= 0.6 is 24.0 Å². The zero-order chi connectivity index (χ0) is 17.1. The van der Waals surface area contributed by atoms with E-state index in [9.17, 15) is 9.18 Å². The van der Waals surface area contributed by atoms with Gasteiger partial charge >= 0.3 is 0 Å². The van der Waals surface area contributed by atoms with Crippen molar-refractivity contribution in [3.05, 3.63) is 58.9 Å². The Labute approximate surface area is 157 Å². The van der Waals surface area contributed by atoms with Gasteiger partial charge in [0.05, 0.1) is 0 Å². The van der Waals surface area contributed by atoms with Crippen molar-refractivity contribution >= 4 is 29.9 Å². The highest BCUT2D eigenvalue weighted by atomic mass is 35.5. The summed E-state index contributed by atoms with van der Waals surface area (Å²) >= 11 is 5.81. The molecule has 1 N–H and O–H groups in total. The summed E-state index contributed by atoms with van der Waals surface area (Å²) < 4.78 is 19.8. The number of rotatable bonds is 4. The fraction of sp³-hybridized carbons (Fsp3) is 0.278. The first-order valence-corrected chi connectivity index (χ1v) is 8.13. The summed E-state index contributed by atoms with van der Waals surface area (Å²) in [5, 5.41) is 3.79. The van der Waals surface area contributed by atoms with Crippen LogP contribution in [0.15, 0.2) is 42.5 Å². The van der Waals surface area contributed by atoms with Gasteiger partial charge in [-0.05, 0) is 55.4 Å². The van der Waals surface area contributed by atoms with Gasteiger partial charge in [0.2, 0.25) is 0 Å². The number of carbonyl (C=O) groups excluding carboxylic acids is 1. The SMILES string of the molecule is CN(C(=O)c1ccc(Oc2ccc(Cl)cc2)c(F)c1)C1CCNC1.Cl. The molecule has 0 aliphatic carbocycles. The summed E-state index contributed by atoms with van der Waals surface area (Å²) in [6, 6.07) is 11.0. The van der Waals surface area contributed by atoms with E-state index in [0.717, 1.165) is 19.5 Å². The zero-order valence-electron chi connectivity index (χ0n) is 13.7.